The van der Waals surface area contributed by atoms with Gasteiger partial charge in [-0.15, -0.1) is 0 Å². The molecule has 0 amide bonds. The SMILES string of the molecule is CC(C)(C)COC(F)(F)C(F)(F)C(F)(F)OS(=O)(=O)C(F)(F)F. The molecule has 0 spiro atoms. The van der Waals surface area contributed by atoms with E-state index in [2.05, 4.69) is 4.74 Å². The van der Waals surface area contributed by atoms with Crippen LogP contribution in [-0.2, 0) is 19.0 Å². The molecule has 0 aromatic heterocycles. The summed E-state index contributed by atoms with van der Waals surface area (Å²) < 4.78 is 140. The van der Waals surface area contributed by atoms with Gasteiger partial charge in [-0.1, -0.05) is 20.8 Å². The average molecular weight is 386 g/mol. The lowest BCUT2D eigenvalue weighted by atomic mass is 9.99. The van der Waals surface area contributed by atoms with Crippen LogP contribution in [0.3, 0.4) is 0 Å². The van der Waals surface area contributed by atoms with Crippen LogP contribution in [0.5, 0.6) is 0 Å². The number of hydrogen-bond donors (Lipinski definition) is 0. The number of halogens is 9. The zero-order valence-electron chi connectivity index (χ0n) is 11.7. The van der Waals surface area contributed by atoms with Gasteiger partial charge in [-0.25, -0.2) is 0 Å². The molecule has 0 saturated carbocycles. The molecule has 0 bridgehead atoms. The maximum Gasteiger partial charge on any atom is 0.523 e. The van der Waals surface area contributed by atoms with Crippen LogP contribution in [0, 0.1) is 5.41 Å². The summed E-state index contributed by atoms with van der Waals surface area (Å²) in [5.41, 5.74) is -7.72. The monoisotopic (exact) mass is 386 g/mol. The zero-order chi connectivity index (χ0) is 19.1. The van der Waals surface area contributed by atoms with Crippen molar-refractivity contribution in [1.29, 1.82) is 0 Å². The Hall–Kier alpha value is -0.760. The third kappa shape index (κ3) is 5.11. The molecule has 0 atom stereocenters. The molecule has 0 aromatic rings. The van der Waals surface area contributed by atoms with Gasteiger partial charge in [-0.05, 0) is 5.41 Å². The van der Waals surface area contributed by atoms with E-state index in [0.717, 1.165) is 0 Å². The van der Waals surface area contributed by atoms with Gasteiger partial charge < -0.3 is 4.74 Å². The van der Waals surface area contributed by atoms with Gasteiger partial charge >= 0.3 is 33.8 Å². The Labute approximate surface area is 124 Å². The van der Waals surface area contributed by atoms with Crippen molar-refractivity contribution >= 4 is 10.1 Å². The van der Waals surface area contributed by atoms with Crippen molar-refractivity contribution in [2.45, 2.75) is 44.4 Å². The zero-order valence-corrected chi connectivity index (χ0v) is 12.5. The van der Waals surface area contributed by atoms with E-state index in [1.807, 2.05) is 4.18 Å². The summed E-state index contributed by atoms with van der Waals surface area (Å²) >= 11 is 0. The van der Waals surface area contributed by atoms with Gasteiger partial charge in [0, 0.05) is 0 Å². The Balaban J connectivity index is 5.53. The predicted molar refractivity (Wildman–Crippen MR) is 56.3 cm³/mol. The number of hydrogen-bond acceptors (Lipinski definition) is 4. The van der Waals surface area contributed by atoms with Gasteiger partial charge in [0.05, 0.1) is 6.61 Å². The highest BCUT2D eigenvalue weighted by atomic mass is 32.2. The van der Waals surface area contributed by atoms with Crippen molar-refractivity contribution < 1.29 is 56.9 Å². The average Bonchev–Trinajstić information content (AvgIpc) is 2.22. The van der Waals surface area contributed by atoms with Gasteiger partial charge in [0.25, 0.3) is 0 Å². The highest BCUT2D eigenvalue weighted by molar-refractivity contribution is 7.87. The van der Waals surface area contributed by atoms with Crippen LogP contribution < -0.4 is 0 Å². The third-order valence-corrected chi connectivity index (χ3v) is 2.91. The molecule has 23 heavy (non-hydrogen) atoms. The van der Waals surface area contributed by atoms with Crippen molar-refractivity contribution in [3.8, 4) is 0 Å². The molecule has 0 saturated heterocycles. The second kappa shape index (κ2) is 5.95. The Bertz CT molecular complexity index is 518. The fourth-order valence-corrected chi connectivity index (χ4v) is 1.28. The maximum absolute atomic E-state index is 13.1. The minimum absolute atomic E-state index is 1.20. The van der Waals surface area contributed by atoms with Gasteiger partial charge in [-0.2, -0.15) is 52.1 Å². The molecule has 0 aromatic carbocycles. The first-order valence-corrected chi connectivity index (χ1v) is 6.86. The summed E-state index contributed by atoms with van der Waals surface area (Å²) in [6.07, 6.45) is -12.7. The normalized spacial score (nSPS) is 15.8. The highest BCUT2D eigenvalue weighted by Crippen LogP contribution is 2.49. The Morgan fingerprint density at radius 1 is 0.783 bits per heavy atom. The largest absolute Gasteiger partial charge is 0.523 e. The topological polar surface area (TPSA) is 52.6 Å². The Kier molecular flexibility index (Phi) is 5.75. The van der Waals surface area contributed by atoms with Crippen LogP contribution in [0.2, 0.25) is 0 Å². The van der Waals surface area contributed by atoms with Gasteiger partial charge in [0.1, 0.15) is 0 Å². The quantitative estimate of drug-likeness (QED) is 0.397. The first-order chi connectivity index (χ1) is 9.66. The summed E-state index contributed by atoms with van der Waals surface area (Å²) in [6.45, 7) is 2.40. The molecule has 0 radical (unpaired) electrons. The molecule has 0 heterocycles. The molecule has 0 fully saturated rings. The molecule has 4 nitrogen and oxygen atoms in total. The van der Waals surface area contributed by atoms with E-state index in [4.69, 9.17) is 0 Å². The lowest BCUT2D eigenvalue weighted by molar-refractivity contribution is -0.436. The lowest BCUT2D eigenvalue weighted by Gasteiger charge is -2.32. The predicted octanol–water partition coefficient (Wildman–Crippen LogP) is 3.74. The minimum Gasteiger partial charge on any atom is -0.315 e. The van der Waals surface area contributed by atoms with Crippen molar-refractivity contribution in [3.63, 3.8) is 0 Å². The third-order valence-electron chi connectivity index (χ3n) is 1.92. The van der Waals surface area contributed by atoms with E-state index in [9.17, 15) is 47.9 Å². The summed E-state index contributed by atoms with van der Waals surface area (Å²) in [7, 11) is -7.26. The van der Waals surface area contributed by atoms with Crippen LogP contribution in [0.15, 0.2) is 0 Å². The number of rotatable bonds is 6. The fourth-order valence-electron chi connectivity index (χ4n) is 0.805. The van der Waals surface area contributed by atoms with E-state index in [1.165, 1.54) is 20.8 Å². The van der Waals surface area contributed by atoms with Gasteiger partial charge in [-0.3, -0.25) is 0 Å². The molecule has 0 unspecified atom stereocenters. The minimum atomic E-state index is -7.26. The van der Waals surface area contributed by atoms with Crippen molar-refractivity contribution in [1.82, 2.24) is 0 Å². The first kappa shape index (κ1) is 22.2. The number of alkyl halides is 9. The molecule has 0 N–H and O–H groups in total. The maximum atomic E-state index is 13.1. The Morgan fingerprint density at radius 2 is 1.17 bits per heavy atom. The molecular formula is C9H11F9O4S. The van der Waals surface area contributed by atoms with Crippen LogP contribution in [0.4, 0.5) is 39.5 Å². The van der Waals surface area contributed by atoms with Crippen molar-refractivity contribution in [3.05, 3.63) is 0 Å². The highest BCUT2D eigenvalue weighted by Gasteiger charge is 2.77. The van der Waals surface area contributed by atoms with E-state index in [1.54, 1.807) is 0 Å². The summed E-state index contributed by atoms with van der Waals surface area (Å²) in [5, 5.41) is 0. The van der Waals surface area contributed by atoms with Crippen molar-refractivity contribution in [2.24, 2.45) is 5.41 Å². The summed E-state index contributed by atoms with van der Waals surface area (Å²) in [6, 6.07) is 0. The summed E-state index contributed by atoms with van der Waals surface area (Å²) in [5.74, 6) is -6.70. The first-order valence-electron chi connectivity index (χ1n) is 5.46. The Morgan fingerprint density at radius 3 is 1.48 bits per heavy atom. The standard InChI is InChI=1S/C9H11F9O4S/c1-5(2,3)4-21-7(12,13)6(10,11)8(14,15)22-23(19,20)9(16,17)18/h4H2,1-3H3. The number of ether oxygens (including phenoxy) is 1. The van der Waals surface area contributed by atoms with E-state index < -0.39 is 45.8 Å². The molecule has 0 aliphatic carbocycles. The van der Waals surface area contributed by atoms with Gasteiger partial charge in [0.2, 0.25) is 0 Å². The molecule has 140 valence electrons. The molecule has 0 rings (SSSR count). The van der Waals surface area contributed by atoms with Gasteiger partial charge in [0.15, 0.2) is 0 Å². The smallest absolute Gasteiger partial charge is 0.315 e. The van der Waals surface area contributed by atoms with Crippen LogP contribution >= 0.6 is 0 Å². The van der Waals surface area contributed by atoms with E-state index >= 15 is 0 Å². The molecule has 0 aliphatic heterocycles. The van der Waals surface area contributed by atoms with E-state index in [-0.39, 0.29) is 0 Å². The lowest BCUT2D eigenvalue weighted by Crippen LogP contribution is -2.58. The second-order valence-corrected chi connectivity index (χ2v) is 6.98. The van der Waals surface area contributed by atoms with E-state index in [0.29, 0.717) is 0 Å². The van der Waals surface area contributed by atoms with Crippen molar-refractivity contribution in [2.75, 3.05) is 6.61 Å². The fraction of sp³-hybridized carbons (Fsp3) is 1.00. The van der Waals surface area contributed by atoms with Crippen LogP contribution in [0.25, 0.3) is 0 Å². The summed E-state index contributed by atoms with van der Waals surface area (Å²) in [4.78, 5) is 0. The second-order valence-electron chi connectivity index (χ2n) is 5.44. The van der Waals surface area contributed by atoms with Crippen LogP contribution in [0.1, 0.15) is 20.8 Å². The van der Waals surface area contributed by atoms with Crippen LogP contribution in [-0.4, -0.2) is 38.7 Å². The molecular weight excluding hydrogens is 375 g/mol. The molecule has 0 aliphatic rings. The molecule has 14 heteroatoms.